The average molecular weight is 234 g/mol. The fourth-order valence-corrected chi connectivity index (χ4v) is 1.62. The Bertz CT molecular complexity index is 360. The second-order valence-electron chi connectivity index (χ2n) is 5.75. The number of carbonyl (C=O) groups excluding carboxylic acids is 1. The number of ether oxygens (including phenoxy) is 1. The Labute approximate surface area is 104 Å². The van der Waals surface area contributed by atoms with Crippen molar-refractivity contribution in [3.63, 3.8) is 0 Å². The highest BCUT2D eigenvalue weighted by molar-refractivity contribution is 5.71. The SMILES string of the molecule is CC(C)C(=O)O[C@H](c1ccccc1)C(C)(C)C. The summed E-state index contributed by atoms with van der Waals surface area (Å²) in [6.45, 7) is 9.95. The molecule has 0 amide bonds. The van der Waals surface area contributed by atoms with Crippen LogP contribution in [0, 0.1) is 11.3 Å². The number of hydrogen-bond acceptors (Lipinski definition) is 2. The van der Waals surface area contributed by atoms with E-state index in [-0.39, 0.29) is 23.4 Å². The number of esters is 1. The summed E-state index contributed by atoms with van der Waals surface area (Å²) in [6.07, 6.45) is -0.196. The van der Waals surface area contributed by atoms with Gasteiger partial charge in [0.25, 0.3) is 0 Å². The van der Waals surface area contributed by atoms with Crippen molar-refractivity contribution in [1.82, 2.24) is 0 Å². The fourth-order valence-electron chi connectivity index (χ4n) is 1.62. The predicted molar refractivity (Wildman–Crippen MR) is 69.6 cm³/mol. The van der Waals surface area contributed by atoms with E-state index >= 15 is 0 Å². The molecule has 0 spiro atoms. The molecule has 0 bridgehead atoms. The van der Waals surface area contributed by atoms with Crippen LogP contribution in [0.5, 0.6) is 0 Å². The summed E-state index contributed by atoms with van der Waals surface area (Å²) in [6, 6.07) is 9.91. The summed E-state index contributed by atoms with van der Waals surface area (Å²) in [5, 5.41) is 0. The Morgan fingerprint density at radius 2 is 1.65 bits per heavy atom. The number of carbonyl (C=O) groups is 1. The van der Waals surface area contributed by atoms with E-state index in [1.165, 1.54) is 0 Å². The van der Waals surface area contributed by atoms with Gasteiger partial charge < -0.3 is 4.74 Å². The average Bonchev–Trinajstić information content (AvgIpc) is 2.25. The van der Waals surface area contributed by atoms with E-state index in [1.54, 1.807) is 0 Å². The van der Waals surface area contributed by atoms with Crippen LogP contribution in [0.25, 0.3) is 0 Å². The van der Waals surface area contributed by atoms with Crippen molar-refractivity contribution in [3.8, 4) is 0 Å². The first kappa shape index (κ1) is 13.8. The molecule has 2 nitrogen and oxygen atoms in total. The monoisotopic (exact) mass is 234 g/mol. The lowest BCUT2D eigenvalue weighted by Crippen LogP contribution is -2.26. The normalized spacial score (nSPS) is 13.5. The molecule has 1 rings (SSSR count). The predicted octanol–water partition coefficient (Wildman–Crippen LogP) is 3.97. The van der Waals surface area contributed by atoms with Gasteiger partial charge >= 0.3 is 5.97 Å². The third kappa shape index (κ3) is 3.88. The van der Waals surface area contributed by atoms with E-state index in [0.29, 0.717) is 0 Å². The molecule has 0 saturated heterocycles. The highest BCUT2D eigenvalue weighted by Crippen LogP contribution is 2.36. The van der Waals surface area contributed by atoms with Gasteiger partial charge in [-0.15, -0.1) is 0 Å². The van der Waals surface area contributed by atoms with Gasteiger partial charge in [-0.1, -0.05) is 65.0 Å². The van der Waals surface area contributed by atoms with Gasteiger partial charge in [-0.25, -0.2) is 0 Å². The van der Waals surface area contributed by atoms with Crippen LogP contribution in [0.4, 0.5) is 0 Å². The maximum Gasteiger partial charge on any atom is 0.308 e. The minimum Gasteiger partial charge on any atom is -0.457 e. The van der Waals surface area contributed by atoms with Crippen molar-refractivity contribution in [2.45, 2.75) is 40.7 Å². The lowest BCUT2D eigenvalue weighted by atomic mass is 9.84. The van der Waals surface area contributed by atoms with Gasteiger partial charge in [-0.3, -0.25) is 4.79 Å². The van der Waals surface area contributed by atoms with Crippen LogP contribution in [-0.2, 0) is 9.53 Å². The van der Waals surface area contributed by atoms with Gasteiger partial charge in [-0.05, 0) is 5.56 Å². The van der Waals surface area contributed by atoms with Crippen LogP contribution in [0.3, 0.4) is 0 Å². The van der Waals surface area contributed by atoms with Crippen LogP contribution in [-0.4, -0.2) is 5.97 Å². The van der Waals surface area contributed by atoms with Crippen LogP contribution >= 0.6 is 0 Å². The van der Waals surface area contributed by atoms with E-state index in [2.05, 4.69) is 20.8 Å². The maximum absolute atomic E-state index is 11.8. The Kier molecular flexibility index (Phi) is 4.33. The third-order valence-electron chi connectivity index (χ3n) is 2.59. The zero-order chi connectivity index (χ0) is 13.1. The number of benzene rings is 1. The molecule has 0 N–H and O–H groups in total. The molecular weight excluding hydrogens is 212 g/mol. The summed E-state index contributed by atoms with van der Waals surface area (Å²) in [7, 11) is 0. The molecule has 0 fully saturated rings. The minimum absolute atomic E-state index is 0.0939. The Morgan fingerprint density at radius 3 is 2.06 bits per heavy atom. The van der Waals surface area contributed by atoms with Gasteiger partial charge in [0, 0.05) is 5.41 Å². The lowest BCUT2D eigenvalue weighted by Gasteiger charge is -2.31. The Morgan fingerprint density at radius 1 is 1.12 bits per heavy atom. The van der Waals surface area contributed by atoms with E-state index in [4.69, 9.17) is 4.74 Å². The second kappa shape index (κ2) is 5.35. The first-order valence-electron chi connectivity index (χ1n) is 6.08. The Hall–Kier alpha value is -1.31. The minimum atomic E-state index is -0.196. The fraction of sp³-hybridized carbons (Fsp3) is 0.533. The van der Waals surface area contributed by atoms with Crippen LogP contribution < -0.4 is 0 Å². The Balaban J connectivity index is 2.95. The molecule has 0 saturated carbocycles. The van der Waals surface area contributed by atoms with Crippen molar-refractivity contribution < 1.29 is 9.53 Å². The smallest absolute Gasteiger partial charge is 0.308 e. The van der Waals surface area contributed by atoms with Crippen LogP contribution in [0.15, 0.2) is 30.3 Å². The van der Waals surface area contributed by atoms with Crippen molar-refractivity contribution in [3.05, 3.63) is 35.9 Å². The van der Waals surface area contributed by atoms with Gasteiger partial charge in [0.15, 0.2) is 0 Å². The highest BCUT2D eigenvalue weighted by Gasteiger charge is 2.30. The number of rotatable bonds is 3. The summed E-state index contributed by atoms with van der Waals surface area (Å²) >= 11 is 0. The van der Waals surface area contributed by atoms with E-state index < -0.39 is 0 Å². The molecule has 0 radical (unpaired) electrons. The maximum atomic E-state index is 11.8. The molecule has 0 aromatic heterocycles. The molecule has 0 aliphatic carbocycles. The molecule has 1 aromatic carbocycles. The van der Waals surface area contributed by atoms with Gasteiger partial charge in [0.05, 0.1) is 5.92 Å². The zero-order valence-corrected chi connectivity index (χ0v) is 11.4. The molecule has 0 unspecified atom stereocenters. The molecule has 0 aliphatic heterocycles. The van der Waals surface area contributed by atoms with Crippen molar-refractivity contribution in [2.24, 2.45) is 11.3 Å². The topological polar surface area (TPSA) is 26.3 Å². The van der Waals surface area contributed by atoms with Crippen molar-refractivity contribution in [2.75, 3.05) is 0 Å². The molecule has 17 heavy (non-hydrogen) atoms. The van der Waals surface area contributed by atoms with Crippen LogP contribution in [0.2, 0.25) is 0 Å². The third-order valence-corrected chi connectivity index (χ3v) is 2.59. The molecular formula is C15H22O2. The van der Waals surface area contributed by atoms with Crippen molar-refractivity contribution >= 4 is 5.97 Å². The van der Waals surface area contributed by atoms with E-state index in [0.717, 1.165) is 5.56 Å². The largest absolute Gasteiger partial charge is 0.457 e. The highest BCUT2D eigenvalue weighted by atomic mass is 16.5. The second-order valence-corrected chi connectivity index (χ2v) is 5.75. The van der Waals surface area contributed by atoms with Crippen LogP contribution in [0.1, 0.15) is 46.3 Å². The van der Waals surface area contributed by atoms with E-state index in [9.17, 15) is 4.79 Å². The van der Waals surface area contributed by atoms with Gasteiger partial charge in [0.1, 0.15) is 6.10 Å². The molecule has 1 atom stereocenters. The van der Waals surface area contributed by atoms with Crippen molar-refractivity contribution in [1.29, 1.82) is 0 Å². The number of hydrogen-bond donors (Lipinski definition) is 0. The first-order chi connectivity index (χ1) is 7.82. The summed E-state index contributed by atoms with van der Waals surface area (Å²) in [5.41, 5.74) is 0.945. The first-order valence-corrected chi connectivity index (χ1v) is 6.08. The standard InChI is InChI=1S/C15H22O2/c1-11(2)14(16)17-13(15(3,4)5)12-9-7-6-8-10-12/h6-11,13H,1-5H3/t13-/m1/s1. The molecule has 94 valence electrons. The quantitative estimate of drug-likeness (QED) is 0.740. The molecule has 0 heterocycles. The summed E-state index contributed by atoms with van der Waals surface area (Å²) in [4.78, 5) is 11.8. The van der Waals surface area contributed by atoms with Gasteiger partial charge in [0.2, 0.25) is 0 Å². The van der Waals surface area contributed by atoms with E-state index in [1.807, 2.05) is 44.2 Å². The zero-order valence-electron chi connectivity index (χ0n) is 11.4. The molecule has 2 heteroatoms. The lowest BCUT2D eigenvalue weighted by molar-refractivity contribution is -0.159. The van der Waals surface area contributed by atoms with Gasteiger partial charge in [-0.2, -0.15) is 0 Å². The summed E-state index contributed by atoms with van der Waals surface area (Å²) in [5.74, 6) is -0.239. The molecule has 0 aliphatic rings. The molecule has 1 aromatic rings. The summed E-state index contributed by atoms with van der Waals surface area (Å²) < 4.78 is 5.62.